The molecule has 1 aromatic carbocycles. The first kappa shape index (κ1) is 13.6. The molecule has 0 spiro atoms. The average Bonchev–Trinajstić information content (AvgIpc) is 2.38. The van der Waals surface area contributed by atoms with Gasteiger partial charge in [0.15, 0.2) is 0 Å². The summed E-state index contributed by atoms with van der Waals surface area (Å²) in [5.41, 5.74) is 2.31. The van der Waals surface area contributed by atoms with Crippen LogP contribution in [0.5, 0.6) is 0 Å². The minimum atomic E-state index is 0.297. The Bertz CT molecular complexity index is 511. The van der Waals surface area contributed by atoms with Crippen LogP contribution in [0, 0.1) is 0 Å². The molecular formula is C14H14Br2N2. The Balaban J connectivity index is 2.17. The van der Waals surface area contributed by atoms with Crippen LogP contribution in [0.3, 0.4) is 0 Å². The predicted octanol–water partition coefficient (Wildman–Crippen LogP) is 5.17. The summed E-state index contributed by atoms with van der Waals surface area (Å²) in [6.45, 7) is 2.17. The Hall–Kier alpha value is -0.870. The molecule has 1 aromatic heterocycles. The number of nitrogens with zero attached hydrogens (tertiary/aromatic N) is 1. The second kappa shape index (κ2) is 6.34. The lowest BCUT2D eigenvalue weighted by Crippen LogP contribution is -2.09. The van der Waals surface area contributed by atoms with Gasteiger partial charge in [0.2, 0.25) is 0 Å². The van der Waals surface area contributed by atoms with Crippen molar-refractivity contribution in [2.24, 2.45) is 0 Å². The molecule has 0 fully saturated rings. The maximum atomic E-state index is 4.22. The summed E-state index contributed by atoms with van der Waals surface area (Å²) in [5, 5.41) is 3.50. The number of halogens is 2. The number of anilines is 1. The van der Waals surface area contributed by atoms with Crippen molar-refractivity contribution in [1.29, 1.82) is 0 Å². The lowest BCUT2D eigenvalue weighted by atomic mass is 10.0. The van der Waals surface area contributed by atoms with Gasteiger partial charge in [-0.1, -0.05) is 35.0 Å². The molecule has 0 aliphatic rings. The molecule has 0 saturated heterocycles. The fraction of sp³-hybridized carbons (Fsp3) is 0.214. The number of benzene rings is 1. The normalized spacial score (nSPS) is 12.2. The van der Waals surface area contributed by atoms with Crippen LogP contribution in [-0.4, -0.2) is 4.98 Å². The third-order valence-electron chi connectivity index (χ3n) is 2.73. The van der Waals surface area contributed by atoms with E-state index in [0.717, 1.165) is 21.2 Å². The standard InChI is InChI=1S/C14H14Br2N2/c1-2-13(10-4-3-5-11(15)8-10)18-12-6-7-14(16)17-9-12/h3-9,13,18H,2H2,1H3. The van der Waals surface area contributed by atoms with E-state index in [-0.39, 0.29) is 0 Å². The Morgan fingerprint density at radius 1 is 1.22 bits per heavy atom. The van der Waals surface area contributed by atoms with Crippen LogP contribution >= 0.6 is 31.9 Å². The van der Waals surface area contributed by atoms with Gasteiger partial charge in [0.1, 0.15) is 4.60 Å². The van der Waals surface area contributed by atoms with Crippen LogP contribution in [0.1, 0.15) is 24.9 Å². The number of pyridine rings is 1. The minimum Gasteiger partial charge on any atom is -0.377 e. The Morgan fingerprint density at radius 2 is 2.06 bits per heavy atom. The minimum absolute atomic E-state index is 0.297. The van der Waals surface area contributed by atoms with Crippen molar-refractivity contribution >= 4 is 37.5 Å². The first-order chi connectivity index (χ1) is 8.69. The van der Waals surface area contributed by atoms with E-state index >= 15 is 0 Å². The summed E-state index contributed by atoms with van der Waals surface area (Å²) >= 11 is 6.85. The number of aromatic nitrogens is 1. The first-order valence-electron chi connectivity index (χ1n) is 5.82. The number of hydrogen-bond donors (Lipinski definition) is 1. The van der Waals surface area contributed by atoms with Crippen molar-refractivity contribution in [3.8, 4) is 0 Å². The zero-order valence-corrected chi connectivity index (χ0v) is 13.2. The van der Waals surface area contributed by atoms with Gasteiger partial charge in [-0.15, -0.1) is 0 Å². The molecule has 2 aromatic rings. The van der Waals surface area contributed by atoms with Crippen molar-refractivity contribution in [2.75, 3.05) is 5.32 Å². The summed E-state index contributed by atoms with van der Waals surface area (Å²) in [5.74, 6) is 0. The second-order valence-corrected chi connectivity index (χ2v) is 5.76. The SMILES string of the molecule is CCC(Nc1ccc(Br)nc1)c1cccc(Br)c1. The van der Waals surface area contributed by atoms with Gasteiger partial charge in [0, 0.05) is 4.47 Å². The highest BCUT2D eigenvalue weighted by atomic mass is 79.9. The molecule has 0 saturated carbocycles. The van der Waals surface area contributed by atoms with Gasteiger partial charge in [-0.05, 0) is 52.2 Å². The molecule has 4 heteroatoms. The van der Waals surface area contributed by atoms with Crippen molar-refractivity contribution in [2.45, 2.75) is 19.4 Å². The lowest BCUT2D eigenvalue weighted by molar-refractivity contribution is 0.748. The van der Waals surface area contributed by atoms with E-state index in [2.05, 4.69) is 67.3 Å². The molecule has 1 N–H and O–H groups in total. The summed E-state index contributed by atoms with van der Waals surface area (Å²) < 4.78 is 1.96. The molecule has 2 rings (SSSR count). The fourth-order valence-corrected chi connectivity index (χ4v) is 2.46. The summed E-state index contributed by atoms with van der Waals surface area (Å²) in [6.07, 6.45) is 2.86. The van der Waals surface area contributed by atoms with Gasteiger partial charge >= 0.3 is 0 Å². The van der Waals surface area contributed by atoms with E-state index in [9.17, 15) is 0 Å². The van der Waals surface area contributed by atoms with Gasteiger partial charge in [0.05, 0.1) is 17.9 Å². The third kappa shape index (κ3) is 3.56. The second-order valence-electron chi connectivity index (χ2n) is 4.03. The van der Waals surface area contributed by atoms with E-state index in [1.807, 2.05) is 24.4 Å². The smallest absolute Gasteiger partial charge is 0.106 e. The predicted molar refractivity (Wildman–Crippen MR) is 82.7 cm³/mol. The number of nitrogens with one attached hydrogen (secondary N) is 1. The van der Waals surface area contributed by atoms with Crippen LogP contribution in [-0.2, 0) is 0 Å². The average molecular weight is 370 g/mol. The molecule has 2 nitrogen and oxygen atoms in total. The van der Waals surface area contributed by atoms with Crippen LogP contribution in [0.15, 0.2) is 51.7 Å². The van der Waals surface area contributed by atoms with E-state index in [4.69, 9.17) is 0 Å². The van der Waals surface area contributed by atoms with Crippen molar-refractivity contribution in [3.05, 3.63) is 57.2 Å². The largest absolute Gasteiger partial charge is 0.377 e. The Labute approximate surface area is 124 Å². The quantitative estimate of drug-likeness (QED) is 0.752. The maximum Gasteiger partial charge on any atom is 0.106 e. The zero-order chi connectivity index (χ0) is 13.0. The van der Waals surface area contributed by atoms with Gasteiger partial charge < -0.3 is 5.32 Å². The summed E-state index contributed by atoms with van der Waals surface area (Å²) in [6, 6.07) is 12.6. The van der Waals surface area contributed by atoms with E-state index in [0.29, 0.717) is 6.04 Å². The van der Waals surface area contributed by atoms with Crippen molar-refractivity contribution < 1.29 is 0 Å². The van der Waals surface area contributed by atoms with Crippen molar-refractivity contribution in [3.63, 3.8) is 0 Å². The van der Waals surface area contributed by atoms with Crippen LogP contribution in [0.2, 0.25) is 0 Å². The number of rotatable bonds is 4. The van der Waals surface area contributed by atoms with Gasteiger partial charge in [-0.25, -0.2) is 4.98 Å². The Kier molecular flexibility index (Phi) is 4.78. The highest BCUT2D eigenvalue weighted by molar-refractivity contribution is 9.10. The molecule has 0 bridgehead atoms. The Morgan fingerprint density at radius 3 is 2.67 bits per heavy atom. The highest BCUT2D eigenvalue weighted by Crippen LogP contribution is 2.24. The maximum absolute atomic E-state index is 4.22. The molecule has 18 heavy (non-hydrogen) atoms. The molecule has 94 valence electrons. The fourth-order valence-electron chi connectivity index (χ4n) is 1.81. The van der Waals surface area contributed by atoms with E-state index < -0.39 is 0 Å². The van der Waals surface area contributed by atoms with Crippen LogP contribution in [0.25, 0.3) is 0 Å². The van der Waals surface area contributed by atoms with Crippen LogP contribution in [0.4, 0.5) is 5.69 Å². The molecule has 1 unspecified atom stereocenters. The molecular weight excluding hydrogens is 356 g/mol. The van der Waals surface area contributed by atoms with Crippen LogP contribution < -0.4 is 5.32 Å². The molecule has 1 heterocycles. The zero-order valence-electron chi connectivity index (χ0n) is 10.0. The molecule has 0 aliphatic heterocycles. The molecule has 0 radical (unpaired) electrons. The lowest BCUT2D eigenvalue weighted by Gasteiger charge is -2.18. The van der Waals surface area contributed by atoms with Gasteiger partial charge in [-0.3, -0.25) is 0 Å². The van der Waals surface area contributed by atoms with Gasteiger partial charge in [0.25, 0.3) is 0 Å². The summed E-state index contributed by atoms with van der Waals surface area (Å²) in [7, 11) is 0. The monoisotopic (exact) mass is 368 g/mol. The third-order valence-corrected chi connectivity index (χ3v) is 3.69. The molecule has 1 atom stereocenters. The number of hydrogen-bond acceptors (Lipinski definition) is 2. The van der Waals surface area contributed by atoms with E-state index in [1.165, 1.54) is 5.56 Å². The van der Waals surface area contributed by atoms with Gasteiger partial charge in [-0.2, -0.15) is 0 Å². The topological polar surface area (TPSA) is 24.9 Å². The molecule has 0 aliphatic carbocycles. The van der Waals surface area contributed by atoms with Crippen molar-refractivity contribution in [1.82, 2.24) is 4.98 Å². The first-order valence-corrected chi connectivity index (χ1v) is 7.41. The summed E-state index contributed by atoms with van der Waals surface area (Å²) in [4.78, 5) is 4.22. The van der Waals surface area contributed by atoms with E-state index in [1.54, 1.807) is 0 Å². The highest BCUT2D eigenvalue weighted by Gasteiger charge is 2.09. The molecule has 0 amide bonds.